The first-order valence-electron chi connectivity index (χ1n) is 7.99. The van der Waals surface area contributed by atoms with Crippen LogP contribution in [0.5, 0.6) is 0 Å². The van der Waals surface area contributed by atoms with Crippen molar-refractivity contribution in [3.05, 3.63) is 39.4 Å². The van der Waals surface area contributed by atoms with Crippen molar-refractivity contribution in [3.8, 4) is 0 Å². The van der Waals surface area contributed by atoms with Gasteiger partial charge in [0.15, 0.2) is 0 Å². The maximum absolute atomic E-state index is 3.88. The fraction of sp³-hybridized carbons (Fsp3) is 0.579. The molecule has 0 amide bonds. The number of fused-ring (bicyclic) bond motifs is 1. The Hall–Kier alpha value is -0.560. The Kier molecular flexibility index (Phi) is 3.83. The molecule has 1 aromatic rings. The number of hydrogen-bond donors (Lipinski definition) is 0. The van der Waals surface area contributed by atoms with E-state index in [9.17, 15) is 0 Å². The van der Waals surface area contributed by atoms with Gasteiger partial charge in [0.1, 0.15) is 0 Å². The molecule has 0 unspecified atom stereocenters. The molecule has 3 rings (SSSR count). The van der Waals surface area contributed by atoms with Gasteiger partial charge in [-0.05, 0) is 46.4 Å². The van der Waals surface area contributed by atoms with Crippen LogP contribution in [0.25, 0.3) is 5.57 Å². The van der Waals surface area contributed by atoms with Crippen molar-refractivity contribution in [3.63, 3.8) is 0 Å². The lowest BCUT2D eigenvalue weighted by atomic mass is 9.80. The highest BCUT2D eigenvalue weighted by atomic mass is 79.9. The van der Waals surface area contributed by atoms with Gasteiger partial charge in [-0.1, -0.05) is 74.2 Å². The Balaban J connectivity index is 1.95. The molecule has 0 atom stereocenters. The van der Waals surface area contributed by atoms with Crippen LogP contribution in [0.1, 0.15) is 69.6 Å². The number of halogens is 1. The van der Waals surface area contributed by atoms with Crippen LogP contribution in [0.3, 0.4) is 0 Å². The van der Waals surface area contributed by atoms with Crippen molar-refractivity contribution >= 4 is 21.5 Å². The molecule has 1 aromatic carbocycles. The van der Waals surface area contributed by atoms with Gasteiger partial charge in [0, 0.05) is 10.9 Å². The standard InChI is InChI=1S/C19H25Br/c1-19(2,3)15-9-10-16-14(11-15)12-17(20)18(16)13-7-5-4-6-8-13/h9-11,13H,4-8,12H2,1-3H3. The highest BCUT2D eigenvalue weighted by molar-refractivity contribution is 9.11. The summed E-state index contributed by atoms with van der Waals surface area (Å²) in [5.41, 5.74) is 6.39. The van der Waals surface area contributed by atoms with Gasteiger partial charge in [0.05, 0.1) is 0 Å². The fourth-order valence-corrected chi connectivity index (χ4v) is 4.55. The van der Waals surface area contributed by atoms with E-state index in [1.807, 2.05) is 0 Å². The van der Waals surface area contributed by atoms with Crippen molar-refractivity contribution in [2.24, 2.45) is 5.92 Å². The molecule has 1 fully saturated rings. The summed E-state index contributed by atoms with van der Waals surface area (Å²) < 4.78 is 1.45. The Morgan fingerprint density at radius 3 is 2.40 bits per heavy atom. The molecule has 0 spiro atoms. The molecular weight excluding hydrogens is 308 g/mol. The Labute approximate surface area is 131 Å². The molecule has 2 aliphatic carbocycles. The number of hydrogen-bond acceptors (Lipinski definition) is 0. The third kappa shape index (κ3) is 2.62. The zero-order valence-corrected chi connectivity index (χ0v) is 14.5. The quantitative estimate of drug-likeness (QED) is 0.572. The Morgan fingerprint density at radius 1 is 1.05 bits per heavy atom. The minimum Gasteiger partial charge on any atom is -0.0579 e. The topological polar surface area (TPSA) is 0 Å². The predicted molar refractivity (Wildman–Crippen MR) is 91.3 cm³/mol. The van der Waals surface area contributed by atoms with Gasteiger partial charge in [-0.15, -0.1) is 0 Å². The lowest BCUT2D eigenvalue weighted by Crippen LogP contribution is -2.12. The van der Waals surface area contributed by atoms with Crippen molar-refractivity contribution in [2.45, 2.75) is 64.7 Å². The number of rotatable bonds is 1. The van der Waals surface area contributed by atoms with Gasteiger partial charge in [0.25, 0.3) is 0 Å². The summed E-state index contributed by atoms with van der Waals surface area (Å²) >= 11 is 3.88. The summed E-state index contributed by atoms with van der Waals surface area (Å²) in [6.07, 6.45) is 8.10. The molecule has 0 N–H and O–H groups in total. The maximum Gasteiger partial charge on any atom is 0.00499 e. The minimum atomic E-state index is 0.245. The molecule has 20 heavy (non-hydrogen) atoms. The van der Waals surface area contributed by atoms with Crippen LogP contribution in [-0.4, -0.2) is 0 Å². The lowest BCUT2D eigenvalue weighted by molar-refractivity contribution is 0.429. The smallest absolute Gasteiger partial charge is 0.00499 e. The van der Waals surface area contributed by atoms with E-state index in [-0.39, 0.29) is 5.41 Å². The third-order valence-electron chi connectivity index (χ3n) is 4.91. The van der Waals surface area contributed by atoms with Gasteiger partial charge < -0.3 is 0 Å². The van der Waals surface area contributed by atoms with Crippen LogP contribution in [0, 0.1) is 5.92 Å². The van der Waals surface area contributed by atoms with Crippen molar-refractivity contribution < 1.29 is 0 Å². The maximum atomic E-state index is 3.88. The average Bonchev–Trinajstić information content (AvgIpc) is 2.73. The number of allylic oxidation sites excluding steroid dienone is 2. The molecule has 1 saturated carbocycles. The van der Waals surface area contributed by atoms with E-state index in [0.717, 1.165) is 12.3 Å². The molecule has 0 aliphatic heterocycles. The van der Waals surface area contributed by atoms with Crippen LogP contribution in [0.15, 0.2) is 22.7 Å². The summed E-state index contributed by atoms with van der Waals surface area (Å²) in [5, 5.41) is 0. The zero-order valence-electron chi connectivity index (χ0n) is 12.9. The molecular formula is C19H25Br. The van der Waals surface area contributed by atoms with Crippen molar-refractivity contribution in [1.82, 2.24) is 0 Å². The van der Waals surface area contributed by atoms with Gasteiger partial charge in [-0.25, -0.2) is 0 Å². The summed E-state index contributed by atoms with van der Waals surface area (Å²) in [6, 6.07) is 7.16. The largest absolute Gasteiger partial charge is 0.0579 e. The van der Waals surface area contributed by atoms with Crippen molar-refractivity contribution in [2.75, 3.05) is 0 Å². The van der Waals surface area contributed by atoms with Gasteiger partial charge in [-0.3, -0.25) is 0 Å². The van der Waals surface area contributed by atoms with E-state index in [1.165, 1.54) is 53.3 Å². The highest BCUT2D eigenvalue weighted by Gasteiger charge is 2.28. The van der Waals surface area contributed by atoms with E-state index in [1.54, 1.807) is 5.57 Å². The first kappa shape index (κ1) is 14.4. The van der Waals surface area contributed by atoms with E-state index in [2.05, 4.69) is 54.9 Å². The SMILES string of the molecule is CC(C)(C)c1ccc2c(c1)CC(Br)=C2C1CCCCC1. The average molecular weight is 333 g/mol. The predicted octanol–water partition coefficient (Wildman–Crippen LogP) is 6.23. The van der Waals surface area contributed by atoms with Gasteiger partial charge in [0.2, 0.25) is 0 Å². The first-order valence-corrected chi connectivity index (χ1v) is 8.78. The summed E-state index contributed by atoms with van der Waals surface area (Å²) in [7, 11) is 0. The first-order chi connectivity index (χ1) is 9.47. The molecule has 108 valence electrons. The van der Waals surface area contributed by atoms with Crippen LogP contribution in [-0.2, 0) is 11.8 Å². The monoisotopic (exact) mass is 332 g/mol. The van der Waals surface area contributed by atoms with Crippen LogP contribution in [0.4, 0.5) is 0 Å². The van der Waals surface area contributed by atoms with E-state index >= 15 is 0 Å². The Bertz CT molecular complexity index is 539. The minimum absolute atomic E-state index is 0.245. The second kappa shape index (κ2) is 5.33. The molecule has 0 saturated heterocycles. The second-order valence-corrected chi connectivity index (χ2v) is 8.41. The normalized spacial score (nSPS) is 20.4. The lowest BCUT2D eigenvalue weighted by Gasteiger charge is -2.25. The molecule has 0 aromatic heterocycles. The summed E-state index contributed by atoms with van der Waals surface area (Å²) in [5.74, 6) is 0.792. The molecule has 0 nitrogen and oxygen atoms in total. The second-order valence-electron chi connectivity index (χ2n) is 7.45. The molecule has 2 aliphatic rings. The molecule has 0 radical (unpaired) electrons. The molecule has 1 heteroatoms. The zero-order chi connectivity index (χ0) is 14.3. The van der Waals surface area contributed by atoms with Crippen LogP contribution in [0.2, 0.25) is 0 Å². The van der Waals surface area contributed by atoms with E-state index in [0.29, 0.717) is 0 Å². The highest BCUT2D eigenvalue weighted by Crippen LogP contribution is 2.46. The molecule has 0 bridgehead atoms. The molecule has 0 heterocycles. The van der Waals surface area contributed by atoms with Crippen molar-refractivity contribution in [1.29, 1.82) is 0 Å². The number of benzene rings is 1. The Morgan fingerprint density at radius 2 is 1.75 bits per heavy atom. The van der Waals surface area contributed by atoms with E-state index < -0.39 is 0 Å². The van der Waals surface area contributed by atoms with Crippen LogP contribution < -0.4 is 0 Å². The van der Waals surface area contributed by atoms with Gasteiger partial charge in [-0.2, -0.15) is 0 Å². The summed E-state index contributed by atoms with van der Waals surface area (Å²) in [4.78, 5) is 0. The fourth-order valence-electron chi connectivity index (χ4n) is 3.71. The third-order valence-corrected chi connectivity index (χ3v) is 5.62. The summed E-state index contributed by atoms with van der Waals surface area (Å²) in [6.45, 7) is 6.90. The van der Waals surface area contributed by atoms with E-state index in [4.69, 9.17) is 0 Å². The van der Waals surface area contributed by atoms with Crippen LogP contribution >= 0.6 is 15.9 Å². The van der Waals surface area contributed by atoms with Gasteiger partial charge >= 0.3 is 0 Å².